The third-order valence-electron chi connectivity index (χ3n) is 4.64. The second-order valence-corrected chi connectivity index (χ2v) is 8.93. The predicted molar refractivity (Wildman–Crippen MR) is 108 cm³/mol. The molecule has 6 nitrogen and oxygen atoms in total. The van der Waals surface area contributed by atoms with Crippen molar-refractivity contribution in [1.29, 1.82) is 0 Å². The van der Waals surface area contributed by atoms with Crippen molar-refractivity contribution in [2.45, 2.75) is 63.3 Å². The van der Waals surface area contributed by atoms with E-state index in [1.165, 1.54) is 0 Å². The Hall–Kier alpha value is -0.660. The third kappa shape index (κ3) is 9.01. The van der Waals surface area contributed by atoms with Crippen LogP contribution in [0.3, 0.4) is 0 Å². The van der Waals surface area contributed by atoms with E-state index >= 15 is 0 Å². The fraction of sp³-hybridized carbons (Fsp3) is 0.944. The molecule has 1 fully saturated rings. The third-order valence-corrected chi connectivity index (χ3v) is 6.39. The Morgan fingerprint density at radius 1 is 1.36 bits per heavy atom. The SMILES string of the molecule is CCOC(CCN(C)C)CNC(=NC)NC1CCCC(S(=O)CC)C1. The molecule has 0 spiro atoms. The monoisotopic (exact) mass is 374 g/mol. The lowest BCUT2D eigenvalue weighted by Crippen LogP contribution is -2.48. The molecule has 1 aliphatic rings. The highest BCUT2D eigenvalue weighted by atomic mass is 32.2. The van der Waals surface area contributed by atoms with E-state index in [1.54, 1.807) is 7.05 Å². The molecule has 4 unspecified atom stereocenters. The number of rotatable bonds is 10. The van der Waals surface area contributed by atoms with Gasteiger partial charge in [0.25, 0.3) is 0 Å². The van der Waals surface area contributed by atoms with Crippen LogP contribution in [-0.2, 0) is 15.5 Å². The summed E-state index contributed by atoms with van der Waals surface area (Å²) in [6.07, 6.45) is 5.48. The van der Waals surface area contributed by atoms with E-state index in [1.807, 2.05) is 13.8 Å². The van der Waals surface area contributed by atoms with Crippen molar-refractivity contribution in [3.05, 3.63) is 0 Å². The maximum Gasteiger partial charge on any atom is 0.191 e. The highest BCUT2D eigenvalue weighted by molar-refractivity contribution is 7.85. The molecule has 1 saturated carbocycles. The molecule has 0 bridgehead atoms. The summed E-state index contributed by atoms with van der Waals surface area (Å²) < 4.78 is 17.9. The first-order valence-electron chi connectivity index (χ1n) is 9.60. The first-order valence-corrected chi connectivity index (χ1v) is 11.0. The Balaban J connectivity index is 2.45. The Morgan fingerprint density at radius 2 is 2.12 bits per heavy atom. The van der Waals surface area contributed by atoms with E-state index in [0.717, 1.165) is 63.5 Å². The number of aliphatic imine (C=N–C) groups is 1. The zero-order valence-corrected chi connectivity index (χ0v) is 17.5. The summed E-state index contributed by atoms with van der Waals surface area (Å²) in [4.78, 5) is 6.53. The second kappa shape index (κ2) is 12.7. The first kappa shape index (κ1) is 22.4. The van der Waals surface area contributed by atoms with Crippen molar-refractivity contribution >= 4 is 16.8 Å². The first-order chi connectivity index (χ1) is 12.0. The van der Waals surface area contributed by atoms with E-state index in [-0.39, 0.29) is 6.10 Å². The predicted octanol–water partition coefficient (Wildman–Crippen LogP) is 1.59. The largest absolute Gasteiger partial charge is 0.377 e. The van der Waals surface area contributed by atoms with E-state index < -0.39 is 10.8 Å². The Bertz CT molecular complexity index is 418. The van der Waals surface area contributed by atoms with Crippen LogP contribution in [0.2, 0.25) is 0 Å². The average molecular weight is 375 g/mol. The van der Waals surface area contributed by atoms with Crippen molar-refractivity contribution in [2.24, 2.45) is 4.99 Å². The van der Waals surface area contributed by atoms with Gasteiger partial charge in [-0.15, -0.1) is 0 Å². The summed E-state index contributed by atoms with van der Waals surface area (Å²) in [6, 6.07) is 0.354. The van der Waals surface area contributed by atoms with Gasteiger partial charge in [0.15, 0.2) is 5.96 Å². The summed E-state index contributed by atoms with van der Waals surface area (Å²) in [5, 5.41) is 7.24. The summed E-state index contributed by atoms with van der Waals surface area (Å²) >= 11 is 0. The minimum atomic E-state index is -0.697. The van der Waals surface area contributed by atoms with Gasteiger partial charge in [-0.05, 0) is 46.7 Å². The summed E-state index contributed by atoms with van der Waals surface area (Å²) in [6.45, 7) is 6.52. The molecule has 0 aromatic carbocycles. The quantitative estimate of drug-likeness (QED) is 0.449. The van der Waals surface area contributed by atoms with Gasteiger partial charge in [-0.25, -0.2) is 0 Å². The van der Waals surface area contributed by atoms with Gasteiger partial charge in [-0.1, -0.05) is 13.3 Å². The fourth-order valence-electron chi connectivity index (χ4n) is 3.23. The summed E-state index contributed by atoms with van der Waals surface area (Å²) in [5.74, 6) is 1.58. The van der Waals surface area contributed by atoms with Crippen molar-refractivity contribution < 1.29 is 8.95 Å². The summed E-state index contributed by atoms with van der Waals surface area (Å²) in [7, 11) is 5.26. The van der Waals surface area contributed by atoms with Gasteiger partial charge in [0.2, 0.25) is 0 Å². The van der Waals surface area contributed by atoms with Gasteiger partial charge < -0.3 is 20.3 Å². The Morgan fingerprint density at radius 3 is 2.72 bits per heavy atom. The average Bonchev–Trinajstić information content (AvgIpc) is 2.62. The van der Waals surface area contributed by atoms with Crippen LogP contribution in [0.5, 0.6) is 0 Å². The molecular weight excluding hydrogens is 336 g/mol. The molecule has 0 aromatic heterocycles. The molecule has 0 saturated heterocycles. The minimum Gasteiger partial charge on any atom is -0.377 e. The number of hydrogen-bond acceptors (Lipinski definition) is 4. The number of hydrogen-bond donors (Lipinski definition) is 2. The summed E-state index contributed by atoms with van der Waals surface area (Å²) in [5.41, 5.74) is 0. The minimum absolute atomic E-state index is 0.178. The zero-order valence-electron chi connectivity index (χ0n) is 16.7. The van der Waals surface area contributed by atoms with Gasteiger partial charge >= 0.3 is 0 Å². The maximum atomic E-state index is 12.1. The van der Waals surface area contributed by atoms with Crippen molar-refractivity contribution in [2.75, 3.05) is 46.6 Å². The van der Waals surface area contributed by atoms with Gasteiger partial charge in [0, 0.05) is 54.6 Å². The van der Waals surface area contributed by atoms with Crippen LogP contribution in [0.1, 0.15) is 46.0 Å². The molecule has 0 heterocycles. The molecule has 1 aliphatic carbocycles. The van der Waals surface area contributed by atoms with Crippen molar-refractivity contribution in [3.63, 3.8) is 0 Å². The molecule has 0 radical (unpaired) electrons. The van der Waals surface area contributed by atoms with E-state index in [2.05, 4.69) is 34.6 Å². The smallest absolute Gasteiger partial charge is 0.191 e. The number of nitrogens with one attached hydrogen (secondary N) is 2. The molecule has 148 valence electrons. The molecular formula is C18H38N4O2S. The van der Waals surface area contributed by atoms with Crippen LogP contribution >= 0.6 is 0 Å². The van der Waals surface area contributed by atoms with Gasteiger partial charge in [0.05, 0.1) is 6.10 Å². The topological polar surface area (TPSA) is 66.0 Å². The van der Waals surface area contributed by atoms with Crippen LogP contribution in [0.15, 0.2) is 4.99 Å². The Kier molecular flexibility index (Phi) is 11.3. The maximum absolute atomic E-state index is 12.1. The van der Waals surface area contributed by atoms with Gasteiger partial charge in [-0.2, -0.15) is 0 Å². The lowest BCUT2D eigenvalue weighted by atomic mass is 9.95. The standard InChI is InChI=1S/C18H38N4O2S/c1-6-24-16(11-12-22(4)5)14-20-18(19-3)21-15-9-8-10-17(13-15)25(23)7-2/h15-17H,6-14H2,1-5H3,(H2,19,20,21). The van der Waals surface area contributed by atoms with Crippen LogP contribution in [0.25, 0.3) is 0 Å². The number of nitrogens with zero attached hydrogens (tertiary/aromatic N) is 2. The highest BCUT2D eigenvalue weighted by Gasteiger charge is 2.26. The molecule has 1 rings (SSSR count). The van der Waals surface area contributed by atoms with Crippen molar-refractivity contribution in [1.82, 2.24) is 15.5 Å². The molecule has 4 atom stereocenters. The molecule has 0 aromatic rings. The fourth-order valence-corrected chi connectivity index (χ4v) is 4.58. The molecule has 7 heteroatoms. The van der Waals surface area contributed by atoms with Gasteiger partial charge in [-0.3, -0.25) is 9.20 Å². The Labute approximate surface area is 156 Å². The molecule has 0 aliphatic heterocycles. The van der Waals surface area contributed by atoms with Gasteiger partial charge in [0.1, 0.15) is 0 Å². The second-order valence-electron chi connectivity index (χ2n) is 6.92. The molecule has 25 heavy (non-hydrogen) atoms. The van der Waals surface area contributed by atoms with E-state index in [9.17, 15) is 4.21 Å². The lowest BCUT2D eigenvalue weighted by Gasteiger charge is -2.30. The highest BCUT2D eigenvalue weighted by Crippen LogP contribution is 2.22. The van der Waals surface area contributed by atoms with E-state index in [0.29, 0.717) is 11.3 Å². The van der Waals surface area contributed by atoms with Crippen LogP contribution in [0.4, 0.5) is 0 Å². The normalized spacial score (nSPS) is 24.2. The number of ether oxygens (including phenoxy) is 1. The van der Waals surface area contributed by atoms with Crippen LogP contribution < -0.4 is 10.6 Å². The lowest BCUT2D eigenvalue weighted by molar-refractivity contribution is 0.0547. The zero-order chi connectivity index (χ0) is 18.7. The van der Waals surface area contributed by atoms with Crippen LogP contribution in [0, 0.1) is 0 Å². The van der Waals surface area contributed by atoms with E-state index in [4.69, 9.17) is 4.74 Å². The van der Waals surface area contributed by atoms with Crippen molar-refractivity contribution in [3.8, 4) is 0 Å². The molecule has 0 amide bonds. The van der Waals surface area contributed by atoms with Crippen LogP contribution in [-0.4, -0.2) is 79.1 Å². The molecule has 2 N–H and O–H groups in total. The number of guanidine groups is 1.